The van der Waals surface area contributed by atoms with E-state index in [1.807, 2.05) is 36.4 Å². The Morgan fingerprint density at radius 3 is 0.930 bits per heavy atom. The van der Waals surface area contributed by atoms with E-state index >= 15 is 0 Å². The summed E-state index contributed by atoms with van der Waals surface area (Å²) in [6.45, 7) is 9.33. The molecule has 13 aromatic rings. The van der Waals surface area contributed by atoms with E-state index in [1.165, 1.54) is 89.0 Å². The molecule has 2 aromatic heterocycles. The van der Waals surface area contributed by atoms with Gasteiger partial charge >= 0.3 is 0 Å². The fourth-order valence-corrected chi connectivity index (χ4v) is 14.8. The summed E-state index contributed by atoms with van der Waals surface area (Å²) in [5.41, 5.74) is 28.4. The summed E-state index contributed by atoms with van der Waals surface area (Å²) in [4.78, 5) is 31.8. The van der Waals surface area contributed by atoms with Crippen molar-refractivity contribution in [3.05, 3.63) is 310 Å². The van der Waals surface area contributed by atoms with Crippen LogP contribution >= 0.6 is 0 Å². The third kappa shape index (κ3) is 7.65. The molecule has 11 aromatic carbocycles. The van der Waals surface area contributed by atoms with E-state index in [-0.39, 0.29) is 22.7 Å². The van der Waals surface area contributed by atoms with Crippen molar-refractivity contribution < 1.29 is 0 Å². The van der Waals surface area contributed by atoms with Crippen molar-refractivity contribution in [3.63, 3.8) is 0 Å². The summed E-state index contributed by atoms with van der Waals surface area (Å²) in [6.07, 6.45) is 0. The van der Waals surface area contributed by atoms with Gasteiger partial charge in [-0.2, -0.15) is 0 Å². The molecule has 6 nitrogen and oxygen atoms in total. The van der Waals surface area contributed by atoms with Gasteiger partial charge in [-0.15, -0.1) is 0 Å². The fraction of sp³-hybridized carbons (Fsp3) is 0.100. The first-order valence-electron chi connectivity index (χ1n) is 29.8. The average molecular weight is 1100 g/mol. The first kappa shape index (κ1) is 50.0. The average Bonchev–Trinajstić information content (AvgIpc) is 1.04. The van der Waals surface area contributed by atoms with Crippen LogP contribution in [0.25, 0.3) is 113 Å². The zero-order chi connectivity index (χ0) is 57.4. The Morgan fingerprint density at radius 1 is 0.221 bits per heavy atom. The molecule has 2 heterocycles. The number of hydrogen-bond acceptors (Lipinski definition) is 6. The highest BCUT2D eigenvalue weighted by Crippen LogP contribution is 2.58. The van der Waals surface area contributed by atoms with Gasteiger partial charge in [0.2, 0.25) is 0 Å². The zero-order valence-electron chi connectivity index (χ0n) is 48.1. The van der Waals surface area contributed by atoms with E-state index in [9.17, 15) is 0 Å². The Labute approximate surface area is 500 Å². The van der Waals surface area contributed by atoms with Gasteiger partial charge < -0.3 is 0 Å². The van der Waals surface area contributed by atoms with Gasteiger partial charge in [-0.05, 0) is 124 Å². The van der Waals surface area contributed by atoms with Crippen molar-refractivity contribution in [3.8, 4) is 113 Å². The zero-order valence-corrected chi connectivity index (χ0v) is 48.1. The summed E-state index contributed by atoms with van der Waals surface area (Å²) < 4.78 is 0. The van der Waals surface area contributed by atoms with Crippen molar-refractivity contribution in [2.24, 2.45) is 0 Å². The van der Waals surface area contributed by atoms with Gasteiger partial charge in [0, 0.05) is 56.0 Å². The first-order valence-corrected chi connectivity index (χ1v) is 29.8. The number of rotatable bonds is 8. The summed E-state index contributed by atoms with van der Waals surface area (Å²) in [5, 5.41) is 0. The number of nitrogens with zero attached hydrogens (tertiary/aromatic N) is 6. The van der Waals surface area contributed by atoms with E-state index in [0.29, 0.717) is 34.9 Å². The predicted molar refractivity (Wildman–Crippen MR) is 347 cm³/mol. The molecule has 0 radical (unpaired) electrons. The van der Waals surface area contributed by atoms with Gasteiger partial charge in [-0.1, -0.05) is 258 Å². The molecule has 406 valence electrons. The van der Waals surface area contributed by atoms with Crippen molar-refractivity contribution in [1.29, 1.82) is 0 Å². The van der Waals surface area contributed by atoms with Crippen LogP contribution in [0.4, 0.5) is 0 Å². The molecule has 5 aliphatic carbocycles. The highest BCUT2D eigenvalue weighted by atomic mass is 15.0. The number of hydrogen-bond donors (Lipinski definition) is 0. The smallest absolute Gasteiger partial charge is 0.164 e. The van der Waals surface area contributed by atoms with E-state index in [2.05, 4.69) is 246 Å². The van der Waals surface area contributed by atoms with Gasteiger partial charge in [-0.25, -0.2) is 29.9 Å². The Hall–Kier alpha value is -10.6. The lowest BCUT2D eigenvalue weighted by atomic mass is 9.61. The quantitative estimate of drug-likeness (QED) is 0.151. The maximum absolute atomic E-state index is 5.37. The van der Waals surface area contributed by atoms with Crippen LogP contribution in [0, 0.1) is 0 Å². The summed E-state index contributed by atoms with van der Waals surface area (Å²) in [7, 11) is 0. The molecule has 2 unspecified atom stereocenters. The van der Waals surface area contributed by atoms with Crippen molar-refractivity contribution >= 4 is 0 Å². The second-order valence-electron chi connectivity index (χ2n) is 24.5. The standard InChI is InChI=1S/C80H56N6/c1-79(2)65-35-15-13-31-61(65)71-55(33-19-37-67(71)79)49-25-17-27-51(43-49)75-81-73(47-21-7-5-8-22-47)83-77(85-75)53-39-41-59-63(45-53)69-57-29-11-12-30-58(57)70(59)64-46-54(40-42-60(64)69)78-84-74(48-23-9-6-10-24-48)82-76(86-78)52-28-18-26-50(44-52)56-34-20-38-68-72(56)62-32-14-16-36-66(62)80(68,3)4/h5-46,69-70H,1-4H3. The fourth-order valence-electron chi connectivity index (χ4n) is 14.8. The molecule has 0 aliphatic heterocycles. The lowest BCUT2D eigenvalue weighted by Gasteiger charge is -2.42. The molecule has 2 atom stereocenters. The summed E-state index contributed by atoms with van der Waals surface area (Å²) in [5.74, 6) is 3.77. The molecule has 86 heavy (non-hydrogen) atoms. The van der Waals surface area contributed by atoms with Gasteiger partial charge in [0.1, 0.15) is 0 Å². The molecular weight excluding hydrogens is 1040 g/mol. The normalized spacial score (nSPS) is 15.6. The van der Waals surface area contributed by atoms with Crippen LogP contribution < -0.4 is 0 Å². The van der Waals surface area contributed by atoms with Crippen LogP contribution in [0.2, 0.25) is 0 Å². The Balaban J connectivity index is 0.761. The molecule has 0 saturated heterocycles. The van der Waals surface area contributed by atoms with Crippen LogP contribution in [-0.2, 0) is 10.8 Å². The molecule has 0 fully saturated rings. The van der Waals surface area contributed by atoms with Crippen LogP contribution in [0.15, 0.2) is 255 Å². The van der Waals surface area contributed by atoms with Gasteiger partial charge in [0.05, 0.1) is 0 Å². The molecule has 2 bridgehead atoms. The largest absolute Gasteiger partial charge is 0.208 e. The Morgan fingerprint density at radius 2 is 0.512 bits per heavy atom. The summed E-state index contributed by atoms with van der Waals surface area (Å²) in [6, 6.07) is 91.9. The van der Waals surface area contributed by atoms with Crippen LogP contribution in [0.5, 0.6) is 0 Å². The highest BCUT2D eigenvalue weighted by molar-refractivity contribution is 5.95. The number of fused-ring (bicyclic) bond motifs is 6. The molecule has 5 aliphatic rings. The number of benzene rings is 11. The molecule has 0 amide bonds. The van der Waals surface area contributed by atoms with Gasteiger partial charge in [0.15, 0.2) is 34.9 Å². The SMILES string of the molecule is CC1(C)c2ccccc2-c2c(-c3cccc(-c4nc(-c5ccccc5)nc(-c5ccc6c(c5)C5c7ccccc7C6c6cc(-c7nc(-c8ccccc8)nc(-c8cccc(-c9cccc%10c9-c9ccccc9C%10(C)C)c8)n7)ccc65)n4)c3)cccc21. The van der Waals surface area contributed by atoms with Crippen molar-refractivity contribution in [2.75, 3.05) is 0 Å². The third-order valence-corrected chi connectivity index (χ3v) is 19.0. The predicted octanol–water partition coefficient (Wildman–Crippen LogP) is 19.0. The molecule has 6 heteroatoms. The van der Waals surface area contributed by atoms with E-state index in [0.717, 1.165) is 44.5 Å². The molecule has 0 spiro atoms. The van der Waals surface area contributed by atoms with Crippen molar-refractivity contribution in [2.45, 2.75) is 50.4 Å². The molecule has 18 rings (SSSR count). The maximum atomic E-state index is 5.37. The molecule has 0 N–H and O–H groups in total. The first-order chi connectivity index (χ1) is 42.1. The van der Waals surface area contributed by atoms with E-state index in [1.54, 1.807) is 0 Å². The lowest BCUT2D eigenvalue weighted by molar-refractivity contribution is 0.660. The van der Waals surface area contributed by atoms with Crippen molar-refractivity contribution in [1.82, 2.24) is 29.9 Å². The van der Waals surface area contributed by atoms with Crippen LogP contribution in [-0.4, -0.2) is 29.9 Å². The minimum absolute atomic E-state index is 0.0157. The van der Waals surface area contributed by atoms with Crippen LogP contribution in [0.3, 0.4) is 0 Å². The third-order valence-electron chi connectivity index (χ3n) is 19.0. The molecular formula is C80H56N6. The minimum atomic E-state index is -0.104. The minimum Gasteiger partial charge on any atom is -0.208 e. The maximum Gasteiger partial charge on any atom is 0.164 e. The second kappa shape index (κ2) is 19.0. The van der Waals surface area contributed by atoms with Gasteiger partial charge in [-0.3, -0.25) is 0 Å². The van der Waals surface area contributed by atoms with E-state index < -0.39 is 0 Å². The number of aromatic nitrogens is 6. The lowest BCUT2D eigenvalue weighted by Crippen LogP contribution is -2.27. The molecule has 0 saturated carbocycles. The van der Waals surface area contributed by atoms with E-state index in [4.69, 9.17) is 29.9 Å². The Bertz CT molecular complexity index is 4650. The Kier molecular flexibility index (Phi) is 11.0. The van der Waals surface area contributed by atoms with Gasteiger partial charge in [0.25, 0.3) is 0 Å². The second-order valence-corrected chi connectivity index (χ2v) is 24.5. The highest BCUT2D eigenvalue weighted by Gasteiger charge is 2.42. The summed E-state index contributed by atoms with van der Waals surface area (Å²) >= 11 is 0. The monoisotopic (exact) mass is 1100 g/mol. The van der Waals surface area contributed by atoms with Crippen LogP contribution in [0.1, 0.15) is 95.2 Å². The topological polar surface area (TPSA) is 77.3 Å².